The number of hydrogen-bond donors (Lipinski definition) is 1. The number of nitrogens with one attached hydrogen (secondary N) is 1. The third-order valence-electron chi connectivity index (χ3n) is 3.70. The second-order valence-electron chi connectivity index (χ2n) is 5.35. The summed E-state index contributed by atoms with van der Waals surface area (Å²) in [5, 5.41) is 12.2. The molecule has 1 N–H and O–H groups in total. The molecule has 0 amide bonds. The SMILES string of the molecule is Cc1nn(-c2ccccc2)cc1CNC(C)c1snnc1C. The first-order valence-corrected chi connectivity index (χ1v) is 8.05. The van der Waals surface area contributed by atoms with Gasteiger partial charge in [-0.2, -0.15) is 5.10 Å². The van der Waals surface area contributed by atoms with E-state index in [1.54, 1.807) is 0 Å². The van der Waals surface area contributed by atoms with Crippen LogP contribution in [0.5, 0.6) is 0 Å². The highest BCUT2D eigenvalue weighted by molar-refractivity contribution is 7.05. The van der Waals surface area contributed by atoms with Crippen LogP contribution in [-0.4, -0.2) is 19.4 Å². The van der Waals surface area contributed by atoms with Crippen LogP contribution in [0.2, 0.25) is 0 Å². The average molecular weight is 313 g/mol. The summed E-state index contributed by atoms with van der Waals surface area (Å²) in [5.74, 6) is 0. The predicted molar refractivity (Wildman–Crippen MR) is 88.2 cm³/mol. The number of aryl methyl sites for hydroxylation is 2. The molecular weight excluding hydrogens is 294 g/mol. The minimum absolute atomic E-state index is 0.236. The van der Waals surface area contributed by atoms with Crippen molar-refractivity contribution in [1.29, 1.82) is 0 Å². The Morgan fingerprint density at radius 3 is 2.64 bits per heavy atom. The largest absolute Gasteiger partial charge is 0.305 e. The fraction of sp³-hybridized carbons (Fsp3) is 0.312. The summed E-state index contributed by atoms with van der Waals surface area (Å²) in [6, 6.07) is 10.4. The molecule has 0 aliphatic carbocycles. The molecule has 3 rings (SSSR count). The van der Waals surface area contributed by atoms with Crippen LogP contribution in [0.4, 0.5) is 0 Å². The van der Waals surface area contributed by atoms with Gasteiger partial charge in [-0.05, 0) is 44.4 Å². The minimum Gasteiger partial charge on any atom is -0.305 e. The summed E-state index contributed by atoms with van der Waals surface area (Å²) in [4.78, 5) is 1.19. The summed E-state index contributed by atoms with van der Waals surface area (Å²) in [6.45, 7) is 6.95. The van der Waals surface area contributed by atoms with E-state index in [4.69, 9.17) is 0 Å². The van der Waals surface area contributed by atoms with Crippen molar-refractivity contribution in [3.8, 4) is 5.69 Å². The van der Waals surface area contributed by atoms with Crippen LogP contribution in [-0.2, 0) is 6.54 Å². The van der Waals surface area contributed by atoms with Gasteiger partial charge in [0.25, 0.3) is 0 Å². The van der Waals surface area contributed by atoms with Gasteiger partial charge in [0.15, 0.2) is 0 Å². The average Bonchev–Trinajstić information content (AvgIpc) is 3.12. The first-order chi connectivity index (χ1) is 10.6. The molecule has 0 bridgehead atoms. The molecule has 0 saturated heterocycles. The fourth-order valence-corrected chi connectivity index (χ4v) is 3.04. The zero-order valence-corrected chi connectivity index (χ0v) is 13.8. The van der Waals surface area contributed by atoms with Gasteiger partial charge in [-0.1, -0.05) is 22.7 Å². The van der Waals surface area contributed by atoms with Gasteiger partial charge < -0.3 is 5.32 Å². The van der Waals surface area contributed by atoms with E-state index in [1.807, 2.05) is 36.7 Å². The number of nitrogens with zero attached hydrogens (tertiary/aromatic N) is 4. The Morgan fingerprint density at radius 2 is 1.95 bits per heavy atom. The predicted octanol–water partition coefficient (Wildman–Crippen LogP) is 3.19. The number of hydrogen-bond acceptors (Lipinski definition) is 5. The Balaban J connectivity index is 1.71. The number of aromatic nitrogens is 4. The Labute approximate surface area is 134 Å². The van der Waals surface area contributed by atoms with Gasteiger partial charge in [0, 0.05) is 24.3 Å². The molecule has 5 nitrogen and oxygen atoms in total. The lowest BCUT2D eigenvalue weighted by atomic mass is 10.2. The van der Waals surface area contributed by atoms with Crippen molar-refractivity contribution in [3.05, 3.63) is 58.4 Å². The van der Waals surface area contributed by atoms with Crippen molar-refractivity contribution in [1.82, 2.24) is 24.7 Å². The third kappa shape index (κ3) is 3.08. The lowest BCUT2D eigenvalue weighted by molar-refractivity contribution is 0.578. The molecule has 0 aliphatic heterocycles. The highest BCUT2D eigenvalue weighted by Gasteiger charge is 2.13. The van der Waals surface area contributed by atoms with E-state index in [2.05, 4.69) is 45.3 Å². The van der Waals surface area contributed by atoms with E-state index in [0.29, 0.717) is 0 Å². The van der Waals surface area contributed by atoms with Crippen molar-refractivity contribution in [3.63, 3.8) is 0 Å². The van der Waals surface area contributed by atoms with Gasteiger partial charge in [0.05, 0.1) is 22.0 Å². The highest BCUT2D eigenvalue weighted by Crippen LogP contribution is 2.20. The first-order valence-electron chi connectivity index (χ1n) is 7.28. The van der Waals surface area contributed by atoms with E-state index >= 15 is 0 Å². The summed E-state index contributed by atoms with van der Waals surface area (Å²) >= 11 is 1.45. The third-order valence-corrected chi connectivity index (χ3v) is 4.71. The zero-order valence-electron chi connectivity index (χ0n) is 12.9. The van der Waals surface area contributed by atoms with E-state index in [1.165, 1.54) is 22.0 Å². The van der Waals surface area contributed by atoms with Gasteiger partial charge >= 0.3 is 0 Å². The maximum atomic E-state index is 4.59. The smallest absolute Gasteiger partial charge is 0.0772 e. The summed E-state index contributed by atoms with van der Waals surface area (Å²) in [5.41, 5.74) is 4.32. The lowest BCUT2D eigenvalue weighted by Crippen LogP contribution is -2.18. The van der Waals surface area contributed by atoms with Crippen molar-refractivity contribution < 1.29 is 0 Å². The van der Waals surface area contributed by atoms with Crippen LogP contribution >= 0.6 is 11.5 Å². The molecule has 1 unspecified atom stereocenters. The van der Waals surface area contributed by atoms with Crippen molar-refractivity contribution in [2.24, 2.45) is 0 Å². The Morgan fingerprint density at radius 1 is 1.18 bits per heavy atom. The molecule has 0 saturated carbocycles. The van der Waals surface area contributed by atoms with Crippen LogP contribution in [0.3, 0.4) is 0 Å². The van der Waals surface area contributed by atoms with Crippen LogP contribution < -0.4 is 5.32 Å². The number of rotatable bonds is 5. The number of para-hydroxylation sites is 1. The molecule has 0 spiro atoms. The molecule has 3 aromatic rings. The molecule has 22 heavy (non-hydrogen) atoms. The van der Waals surface area contributed by atoms with E-state index in [9.17, 15) is 0 Å². The second kappa shape index (κ2) is 6.37. The topological polar surface area (TPSA) is 55.6 Å². The first kappa shape index (κ1) is 14.9. The fourth-order valence-electron chi connectivity index (χ4n) is 2.37. The molecule has 1 atom stereocenters. The molecule has 114 valence electrons. The van der Waals surface area contributed by atoms with Crippen LogP contribution in [0.15, 0.2) is 36.5 Å². The maximum absolute atomic E-state index is 4.59. The molecule has 2 heterocycles. The number of benzene rings is 1. The molecule has 0 radical (unpaired) electrons. The molecule has 6 heteroatoms. The summed E-state index contributed by atoms with van der Waals surface area (Å²) in [6.07, 6.45) is 2.09. The zero-order chi connectivity index (χ0) is 15.5. The van der Waals surface area contributed by atoms with Gasteiger partial charge in [0.1, 0.15) is 0 Å². The monoisotopic (exact) mass is 313 g/mol. The standard InChI is InChI=1S/C16H19N5S/c1-11-14(9-17-12(2)16-13(3)18-20-22-16)10-21(19-11)15-7-5-4-6-8-15/h4-8,10,12,17H,9H2,1-3H3. The van der Waals surface area contributed by atoms with Gasteiger partial charge in [-0.3, -0.25) is 0 Å². The van der Waals surface area contributed by atoms with E-state index in [0.717, 1.165) is 23.6 Å². The van der Waals surface area contributed by atoms with Crippen LogP contribution in [0, 0.1) is 13.8 Å². The van der Waals surface area contributed by atoms with Gasteiger partial charge in [-0.15, -0.1) is 5.10 Å². The second-order valence-corrected chi connectivity index (χ2v) is 6.13. The van der Waals surface area contributed by atoms with Crippen molar-refractivity contribution in [2.45, 2.75) is 33.4 Å². The summed E-state index contributed by atoms with van der Waals surface area (Å²) < 4.78 is 5.92. The molecule has 1 aromatic carbocycles. The highest BCUT2D eigenvalue weighted by atomic mass is 32.1. The maximum Gasteiger partial charge on any atom is 0.0772 e. The molecular formula is C16H19N5S. The van der Waals surface area contributed by atoms with E-state index < -0.39 is 0 Å². The minimum atomic E-state index is 0.236. The molecule has 0 fully saturated rings. The summed E-state index contributed by atoms with van der Waals surface area (Å²) in [7, 11) is 0. The molecule has 2 aromatic heterocycles. The Hall–Kier alpha value is -2.05. The van der Waals surface area contributed by atoms with Crippen molar-refractivity contribution >= 4 is 11.5 Å². The normalized spacial score (nSPS) is 12.5. The van der Waals surface area contributed by atoms with Crippen molar-refractivity contribution in [2.75, 3.05) is 0 Å². The van der Waals surface area contributed by atoms with Crippen LogP contribution in [0.1, 0.15) is 34.8 Å². The quantitative estimate of drug-likeness (QED) is 0.786. The Bertz CT molecular complexity index is 747. The van der Waals surface area contributed by atoms with E-state index in [-0.39, 0.29) is 6.04 Å². The van der Waals surface area contributed by atoms with Gasteiger partial charge in [0.2, 0.25) is 0 Å². The Kier molecular flexibility index (Phi) is 4.31. The van der Waals surface area contributed by atoms with Crippen LogP contribution in [0.25, 0.3) is 5.69 Å². The van der Waals surface area contributed by atoms with Gasteiger partial charge in [-0.25, -0.2) is 4.68 Å². The molecule has 0 aliphatic rings. The lowest BCUT2D eigenvalue weighted by Gasteiger charge is -2.11.